The third-order valence-corrected chi connectivity index (χ3v) is 6.51. The normalized spacial score (nSPS) is 13.0. The summed E-state index contributed by atoms with van der Waals surface area (Å²) in [6, 6.07) is 9.40. The van der Waals surface area contributed by atoms with Crippen LogP contribution >= 0.6 is 11.6 Å². The maximum atomic E-state index is 14.9. The van der Waals surface area contributed by atoms with Gasteiger partial charge in [-0.25, -0.2) is 23.1 Å². The first kappa shape index (κ1) is 27.7. The van der Waals surface area contributed by atoms with Crippen molar-refractivity contribution >= 4 is 29.1 Å². The van der Waals surface area contributed by atoms with Crippen LogP contribution in [0.3, 0.4) is 0 Å². The fourth-order valence-corrected chi connectivity index (χ4v) is 4.27. The molecule has 5 rings (SSSR count). The lowest BCUT2D eigenvalue weighted by Gasteiger charge is -2.26. The molecule has 41 heavy (non-hydrogen) atoms. The number of aromatic nitrogens is 3. The number of pyridine rings is 1. The molecular weight excluding hydrogens is 564 g/mol. The monoisotopic (exact) mass is 583 g/mol. The third kappa shape index (κ3) is 5.71. The zero-order valence-corrected chi connectivity index (χ0v) is 21.7. The second kappa shape index (κ2) is 11.3. The highest BCUT2D eigenvalue weighted by atomic mass is 35.5. The van der Waals surface area contributed by atoms with Crippen LogP contribution in [0.1, 0.15) is 20.8 Å². The number of primary amides is 1. The summed E-state index contributed by atoms with van der Waals surface area (Å²) in [6.07, 6.45) is 2.35. The molecule has 0 aliphatic carbocycles. The van der Waals surface area contributed by atoms with Gasteiger partial charge in [0.15, 0.2) is 11.6 Å². The van der Waals surface area contributed by atoms with Crippen LogP contribution in [0.15, 0.2) is 70.5 Å². The Morgan fingerprint density at radius 3 is 2.46 bits per heavy atom. The summed E-state index contributed by atoms with van der Waals surface area (Å²) in [6.45, 7) is 0.994. The Kier molecular flexibility index (Phi) is 7.64. The van der Waals surface area contributed by atoms with Gasteiger partial charge in [0.25, 0.3) is 17.4 Å². The predicted octanol–water partition coefficient (Wildman–Crippen LogP) is 3.12. The van der Waals surface area contributed by atoms with Gasteiger partial charge in [-0.1, -0.05) is 11.6 Å². The number of halogens is 3. The lowest BCUT2D eigenvalue weighted by molar-refractivity contribution is -0.0400. The minimum Gasteiger partial charge on any atom is -0.453 e. The standard InChI is InChI=1S/C27H20ClF2N5O6/c28-22-21(7-8-32-23(22)24(31)36)41-20-6-3-16(9-19(20)30)33-25(37)18-11-34(10-14-12-40-13-14)27(39)35(26(18)38)17-4-1-15(29)2-5-17/h1-9,11,14H,10,12-13H2,(H2,31,36)(H,33,37). The largest absolute Gasteiger partial charge is 0.453 e. The van der Waals surface area contributed by atoms with E-state index in [1.165, 1.54) is 41.1 Å². The van der Waals surface area contributed by atoms with Crippen LogP contribution in [0.4, 0.5) is 14.5 Å². The molecule has 3 heterocycles. The van der Waals surface area contributed by atoms with E-state index >= 15 is 0 Å². The number of carbonyl (C=O) groups is 2. The van der Waals surface area contributed by atoms with Crippen LogP contribution in [0.25, 0.3) is 5.69 Å². The van der Waals surface area contributed by atoms with Crippen molar-refractivity contribution in [2.45, 2.75) is 6.54 Å². The molecular formula is C27H20ClF2N5O6. The molecule has 14 heteroatoms. The SMILES string of the molecule is NC(=O)c1nccc(Oc2ccc(NC(=O)c3cn(CC4COC4)c(=O)n(-c4ccc(F)cc4)c3=O)cc2F)c1Cl. The molecule has 0 radical (unpaired) electrons. The first-order chi connectivity index (χ1) is 19.6. The molecule has 0 saturated carbocycles. The number of nitrogens with two attached hydrogens (primary N) is 1. The molecule has 2 aromatic heterocycles. The molecule has 0 spiro atoms. The minimum atomic E-state index is -0.946. The molecule has 210 valence electrons. The molecule has 0 bridgehead atoms. The average Bonchev–Trinajstić information content (AvgIpc) is 2.90. The molecule has 0 atom stereocenters. The zero-order valence-electron chi connectivity index (χ0n) is 21.0. The van der Waals surface area contributed by atoms with Crippen molar-refractivity contribution in [3.8, 4) is 17.2 Å². The van der Waals surface area contributed by atoms with Gasteiger partial charge in [0, 0.05) is 42.7 Å². The number of benzene rings is 2. The lowest BCUT2D eigenvalue weighted by Crippen LogP contribution is -2.44. The van der Waals surface area contributed by atoms with E-state index in [0.29, 0.717) is 13.2 Å². The molecule has 0 unspecified atom stereocenters. The number of hydrogen-bond acceptors (Lipinski definition) is 7. The van der Waals surface area contributed by atoms with Crippen molar-refractivity contribution in [2.75, 3.05) is 18.5 Å². The van der Waals surface area contributed by atoms with Crippen molar-refractivity contribution in [3.63, 3.8) is 0 Å². The zero-order chi connectivity index (χ0) is 29.3. The summed E-state index contributed by atoms with van der Waals surface area (Å²) in [4.78, 5) is 54.8. The Morgan fingerprint density at radius 2 is 1.83 bits per heavy atom. The number of carbonyl (C=O) groups excluding carboxylic acids is 2. The molecule has 4 aromatic rings. The van der Waals surface area contributed by atoms with Gasteiger partial charge < -0.3 is 20.5 Å². The predicted molar refractivity (Wildman–Crippen MR) is 143 cm³/mol. The van der Waals surface area contributed by atoms with Gasteiger partial charge in [0.2, 0.25) is 0 Å². The van der Waals surface area contributed by atoms with E-state index in [4.69, 9.17) is 26.8 Å². The molecule has 3 N–H and O–H groups in total. The summed E-state index contributed by atoms with van der Waals surface area (Å²) >= 11 is 6.07. The van der Waals surface area contributed by atoms with Crippen molar-refractivity contribution in [1.29, 1.82) is 0 Å². The summed E-state index contributed by atoms with van der Waals surface area (Å²) in [5, 5.41) is 2.23. The number of amides is 2. The molecule has 1 fully saturated rings. The van der Waals surface area contributed by atoms with E-state index in [1.807, 2.05) is 0 Å². The van der Waals surface area contributed by atoms with Crippen molar-refractivity contribution in [2.24, 2.45) is 11.7 Å². The molecule has 1 aliphatic heterocycles. The van der Waals surface area contributed by atoms with Crippen LogP contribution in [-0.2, 0) is 11.3 Å². The highest BCUT2D eigenvalue weighted by Crippen LogP contribution is 2.33. The third-order valence-electron chi connectivity index (χ3n) is 6.14. The Bertz CT molecular complexity index is 1790. The van der Waals surface area contributed by atoms with Gasteiger partial charge in [0.1, 0.15) is 27.8 Å². The number of hydrogen-bond donors (Lipinski definition) is 2. The minimum absolute atomic E-state index is 0.00243. The highest BCUT2D eigenvalue weighted by molar-refractivity contribution is 6.34. The summed E-state index contributed by atoms with van der Waals surface area (Å²) in [5.74, 6) is -3.66. The van der Waals surface area contributed by atoms with E-state index < -0.39 is 40.3 Å². The second-order valence-corrected chi connectivity index (χ2v) is 9.41. The van der Waals surface area contributed by atoms with E-state index in [2.05, 4.69) is 10.3 Å². The smallest absolute Gasteiger partial charge is 0.335 e. The van der Waals surface area contributed by atoms with Gasteiger partial charge in [-0.3, -0.25) is 19.0 Å². The maximum absolute atomic E-state index is 14.9. The van der Waals surface area contributed by atoms with Crippen LogP contribution in [0, 0.1) is 17.6 Å². The topological polar surface area (TPSA) is 148 Å². The molecule has 2 aromatic carbocycles. The molecule has 11 nitrogen and oxygen atoms in total. The number of anilines is 1. The van der Waals surface area contributed by atoms with E-state index in [-0.39, 0.29) is 46.1 Å². The van der Waals surface area contributed by atoms with Crippen LogP contribution in [-0.4, -0.2) is 39.1 Å². The molecule has 1 aliphatic rings. The average molecular weight is 584 g/mol. The summed E-state index contributed by atoms with van der Waals surface area (Å²) in [7, 11) is 0. The van der Waals surface area contributed by atoms with Gasteiger partial charge in [-0.2, -0.15) is 0 Å². The Balaban J connectivity index is 1.44. The van der Waals surface area contributed by atoms with Crippen molar-refractivity contribution in [3.05, 3.63) is 110 Å². The van der Waals surface area contributed by atoms with Crippen molar-refractivity contribution < 1.29 is 27.8 Å². The number of nitrogens with one attached hydrogen (secondary N) is 1. The number of nitrogens with zero attached hydrogens (tertiary/aromatic N) is 3. The number of rotatable bonds is 8. The van der Waals surface area contributed by atoms with E-state index in [9.17, 15) is 28.0 Å². The first-order valence-electron chi connectivity index (χ1n) is 12.1. The van der Waals surface area contributed by atoms with Gasteiger partial charge in [-0.05, 0) is 36.4 Å². The van der Waals surface area contributed by atoms with Crippen molar-refractivity contribution in [1.82, 2.24) is 14.1 Å². The summed E-state index contributed by atoms with van der Waals surface area (Å²) in [5.41, 5.74) is 2.92. The fourth-order valence-electron chi connectivity index (χ4n) is 4.03. The van der Waals surface area contributed by atoms with Gasteiger partial charge >= 0.3 is 5.69 Å². The van der Waals surface area contributed by atoms with E-state index in [1.54, 1.807) is 0 Å². The Labute approximate surface area is 234 Å². The number of ether oxygens (including phenoxy) is 2. The second-order valence-electron chi connectivity index (χ2n) is 9.04. The fraction of sp³-hybridized carbons (Fsp3) is 0.148. The Hall–Kier alpha value is -4.88. The summed E-state index contributed by atoms with van der Waals surface area (Å²) < 4.78 is 41.0. The first-order valence-corrected chi connectivity index (χ1v) is 12.4. The molecule has 1 saturated heterocycles. The van der Waals surface area contributed by atoms with Crippen LogP contribution in [0.2, 0.25) is 5.02 Å². The molecule has 2 amide bonds. The highest BCUT2D eigenvalue weighted by Gasteiger charge is 2.24. The van der Waals surface area contributed by atoms with Crippen LogP contribution in [0.5, 0.6) is 11.5 Å². The van der Waals surface area contributed by atoms with Crippen LogP contribution < -0.4 is 27.0 Å². The van der Waals surface area contributed by atoms with Gasteiger partial charge in [0.05, 0.1) is 18.9 Å². The van der Waals surface area contributed by atoms with E-state index in [0.717, 1.165) is 29.0 Å². The lowest BCUT2D eigenvalue weighted by atomic mass is 10.1. The Morgan fingerprint density at radius 1 is 1.10 bits per heavy atom. The maximum Gasteiger partial charge on any atom is 0.335 e. The van der Waals surface area contributed by atoms with Gasteiger partial charge in [-0.15, -0.1) is 0 Å². The quantitative estimate of drug-likeness (QED) is 0.324.